The van der Waals surface area contributed by atoms with E-state index in [2.05, 4.69) is 15.2 Å². The lowest BCUT2D eigenvalue weighted by molar-refractivity contribution is 0.581. The Morgan fingerprint density at radius 2 is 1.78 bits per heavy atom. The van der Waals surface area contributed by atoms with Crippen molar-refractivity contribution in [2.24, 2.45) is 7.05 Å². The third kappa shape index (κ3) is 2.40. The van der Waals surface area contributed by atoms with Gasteiger partial charge in [0.2, 0.25) is 11.4 Å². The third-order valence-electron chi connectivity index (χ3n) is 3.58. The second-order valence-corrected chi connectivity index (χ2v) is 5.17. The summed E-state index contributed by atoms with van der Waals surface area (Å²) < 4.78 is 7.17. The minimum atomic E-state index is -0.0929. The lowest BCUT2D eigenvalue weighted by atomic mass is 10.2. The maximum absolute atomic E-state index is 11.4. The number of rotatable bonds is 2. The molecular weight excluding hydrogens is 292 g/mol. The third-order valence-corrected chi connectivity index (χ3v) is 3.58. The van der Waals surface area contributed by atoms with E-state index in [4.69, 9.17) is 4.42 Å². The Bertz CT molecular complexity index is 1070. The molecule has 6 nitrogen and oxygen atoms in total. The van der Waals surface area contributed by atoms with Crippen molar-refractivity contribution in [3.05, 3.63) is 65.1 Å². The first-order valence-electron chi connectivity index (χ1n) is 7.07. The van der Waals surface area contributed by atoms with Gasteiger partial charge in [0.25, 0.3) is 5.89 Å². The average Bonchev–Trinajstić information content (AvgIpc) is 3.07. The van der Waals surface area contributed by atoms with Crippen molar-refractivity contribution in [2.45, 2.75) is 0 Å². The summed E-state index contributed by atoms with van der Waals surface area (Å²) in [6, 6.07) is 14.8. The second-order valence-electron chi connectivity index (χ2n) is 5.17. The molecule has 0 aliphatic heterocycles. The molecule has 0 aliphatic rings. The van der Waals surface area contributed by atoms with Crippen molar-refractivity contribution >= 4 is 10.9 Å². The van der Waals surface area contributed by atoms with Gasteiger partial charge in [0, 0.05) is 24.7 Å². The molecule has 23 heavy (non-hydrogen) atoms. The standard InChI is InChI=1S/C17H12N4O2/c1-21-10-12(7-9-15(21)22)16-19-20-17(23-16)14-8-6-11-4-2-3-5-13(11)18-14/h2-10H,1H3. The van der Waals surface area contributed by atoms with Gasteiger partial charge in [0.05, 0.1) is 11.1 Å². The molecule has 4 rings (SSSR count). The van der Waals surface area contributed by atoms with Crippen LogP contribution in [-0.4, -0.2) is 19.7 Å². The number of aromatic nitrogens is 4. The molecule has 0 aliphatic carbocycles. The molecule has 3 heterocycles. The normalized spacial score (nSPS) is 11.0. The second kappa shape index (κ2) is 5.17. The Morgan fingerprint density at radius 1 is 0.957 bits per heavy atom. The zero-order valence-electron chi connectivity index (χ0n) is 12.3. The predicted octanol–water partition coefficient (Wildman–Crippen LogP) is 2.65. The minimum absolute atomic E-state index is 0.0929. The highest BCUT2D eigenvalue weighted by Gasteiger charge is 2.12. The van der Waals surface area contributed by atoms with Crippen molar-refractivity contribution in [1.82, 2.24) is 19.7 Å². The molecule has 0 saturated carbocycles. The summed E-state index contributed by atoms with van der Waals surface area (Å²) in [6.07, 6.45) is 1.66. The Kier molecular flexibility index (Phi) is 3.01. The number of para-hydroxylation sites is 1. The van der Waals surface area contributed by atoms with Gasteiger partial charge in [-0.1, -0.05) is 24.3 Å². The van der Waals surface area contributed by atoms with Crippen LogP contribution >= 0.6 is 0 Å². The fourth-order valence-electron chi connectivity index (χ4n) is 2.35. The summed E-state index contributed by atoms with van der Waals surface area (Å²) in [5.74, 6) is 0.699. The van der Waals surface area contributed by atoms with Crippen LogP contribution in [0, 0.1) is 0 Å². The van der Waals surface area contributed by atoms with E-state index in [0.29, 0.717) is 23.0 Å². The topological polar surface area (TPSA) is 73.8 Å². The van der Waals surface area contributed by atoms with Crippen LogP contribution in [-0.2, 0) is 7.05 Å². The lowest BCUT2D eigenvalue weighted by Gasteiger charge is -1.99. The number of nitrogens with zero attached hydrogens (tertiary/aromatic N) is 4. The molecule has 0 unspecified atom stereocenters. The monoisotopic (exact) mass is 304 g/mol. The fraction of sp³-hybridized carbons (Fsp3) is 0.0588. The number of fused-ring (bicyclic) bond motifs is 1. The van der Waals surface area contributed by atoms with Gasteiger partial charge in [-0.15, -0.1) is 10.2 Å². The van der Waals surface area contributed by atoms with Crippen molar-refractivity contribution < 1.29 is 4.42 Å². The fourth-order valence-corrected chi connectivity index (χ4v) is 2.35. The van der Waals surface area contributed by atoms with E-state index in [9.17, 15) is 4.79 Å². The van der Waals surface area contributed by atoms with Crippen LogP contribution in [0.5, 0.6) is 0 Å². The molecule has 112 valence electrons. The first kappa shape index (κ1) is 13.4. The van der Waals surface area contributed by atoms with Crippen LogP contribution in [0.15, 0.2) is 63.9 Å². The van der Waals surface area contributed by atoms with E-state index >= 15 is 0 Å². The highest BCUT2D eigenvalue weighted by atomic mass is 16.4. The summed E-state index contributed by atoms with van der Waals surface area (Å²) in [7, 11) is 1.67. The lowest BCUT2D eigenvalue weighted by Crippen LogP contribution is -2.13. The van der Waals surface area contributed by atoms with Gasteiger partial charge >= 0.3 is 0 Å². The molecule has 0 spiro atoms. The summed E-state index contributed by atoms with van der Waals surface area (Å²) in [6.45, 7) is 0. The summed E-state index contributed by atoms with van der Waals surface area (Å²) in [4.78, 5) is 16.0. The molecule has 3 aromatic heterocycles. The van der Waals surface area contributed by atoms with Crippen molar-refractivity contribution in [3.63, 3.8) is 0 Å². The van der Waals surface area contributed by atoms with Gasteiger partial charge < -0.3 is 8.98 Å². The van der Waals surface area contributed by atoms with E-state index < -0.39 is 0 Å². The molecule has 0 atom stereocenters. The number of hydrogen-bond acceptors (Lipinski definition) is 5. The first-order valence-corrected chi connectivity index (χ1v) is 7.07. The largest absolute Gasteiger partial charge is 0.415 e. The van der Waals surface area contributed by atoms with E-state index in [-0.39, 0.29) is 5.56 Å². The van der Waals surface area contributed by atoms with Crippen LogP contribution in [0.25, 0.3) is 33.9 Å². The maximum Gasteiger partial charge on any atom is 0.266 e. The van der Waals surface area contributed by atoms with E-state index in [1.807, 2.05) is 36.4 Å². The number of benzene rings is 1. The van der Waals surface area contributed by atoms with Gasteiger partial charge in [-0.05, 0) is 18.2 Å². The van der Waals surface area contributed by atoms with Gasteiger partial charge in [-0.2, -0.15) is 0 Å². The van der Waals surface area contributed by atoms with Crippen LogP contribution in [0.3, 0.4) is 0 Å². The van der Waals surface area contributed by atoms with Gasteiger partial charge in [-0.3, -0.25) is 4.79 Å². The van der Waals surface area contributed by atoms with Gasteiger partial charge in [0.1, 0.15) is 5.69 Å². The van der Waals surface area contributed by atoms with Crippen LogP contribution in [0.2, 0.25) is 0 Å². The smallest absolute Gasteiger partial charge is 0.266 e. The molecule has 0 amide bonds. The van der Waals surface area contributed by atoms with E-state index in [1.165, 1.54) is 10.6 Å². The molecule has 0 N–H and O–H groups in total. The molecule has 1 aromatic carbocycles. The summed E-state index contributed by atoms with van der Waals surface area (Å²) in [5, 5.41) is 9.15. The Labute approximate surface area is 131 Å². The van der Waals surface area contributed by atoms with Crippen molar-refractivity contribution in [2.75, 3.05) is 0 Å². The predicted molar refractivity (Wildman–Crippen MR) is 85.7 cm³/mol. The van der Waals surface area contributed by atoms with Crippen LogP contribution in [0.4, 0.5) is 0 Å². The molecule has 4 aromatic rings. The number of hydrogen-bond donors (Lipinski definition) is 0. The summed E-state index contributed by atoms with van der Waals surface area (Å²) in [5.41, 5.74) is 2.08. The number of pyridine rings is 2. The molecule has 0 radical (unpaired) electrons. The molecule has 0 saturated heterocycles. The maximum atomic E-state index is 11.4. The highest BCUT2D eigenvalue weighted by molar-refractivity contribution is 5.80. The molecule has 0 fully saturated rings. The van der Waals surface area contributed by atoms with Crippen LogP contribution in [0.1, 0.15) is 0 Å². The Hall–Kier alpha value is -3.28. The van der Waals surface area contributed by atoms with Gasteiger partial charge in [-0.25, -0.2) is 4.98 Å². The Balaban J connectivity index is 1.76. The van der Waals surface area contributed by atoms with Gasteiger partial charge in [0.15, 0.2) is 0 Å². The van der Waals surface area contributed by atoms with Crippen LogP contribution < -0.4 is 5.56 Å². The number of aryl methyl sites for hydroxylation is 1. The molecule has 0 bridgehead atoms. The van der Waals surface area contributed by atoms with E-state index in [0.717, 1.165) is 10.9 Å². The van der Waals surface area contributed by atoms with Crippen molar-refractivity contribution in [1.29, 1.82) is 0 Å². The average molecular weight is 304 g/mol. The minimum Gasteiger partial charge on any atom is -0.415 e. The SMILES string of the molecule is Cn1cc(-c2nnc(-c3ccc4ccccc4n3)o2)ccc1=O. The molecular formula is C17H12N4O2. The quantitative estimate of drug-likeness (QED) is 0.569. The first-order chi connectivity index (χ1) is 11.2. The molecule has 6 heteroatoms. The highest BCUT2D eigenvalue weighted by Crippen LogP contribution is 2.23. The zero-order chi connectivity index (χ0) is 15.8. The Morgan fingerprint density at radius 3 is 2.65 bits per heavy atom. The zero-order valence-corrected chi connectivity index (χ0v) is 12.3. The van der Waals surface area contributed by atoms with E-state index in [1.54, 1.807) is 19.3 Å². The van der Waals surface area contributed by atoms with Crippen molar-refractivity contribution in [3.8, 4) is 23.0 Å². The summed E-state index contributed by atoms with van der Waals surface area (Å²) >= 11 is 0.